The van der Waals surface area contributed by atoms with E-state index in [9.17, 15) is 13.2 Å². The van der Waals surface area contributed by atoms with Gasteiger partial charge in [0.1, 0.15) is 0 Å². The molecule has 0 bridgehead atoms. The van der Waals surface area contributed by atoms with Gasteiger partial charge in [0.2, 0.25) is 5.91 Å². The lowest BCUT2D eigenvalue weighted by Gasteiger charge is -2.22. The molecule has 5 nitrogen and oxygen atoms in total. The summed E-state index contributed by atoms with van der Waals surface area (Å²) in [5, 5.41) is 2.89. The van der Waals surface area contributed by atoms with E-state index in [2.05, 4.69) is 17.4 Å². The van der Waals surface area contributed by atoms with Crippen LogP contribution in [0.15, 0.2) is 30.3 Å². The van der Waals surface area contributed by atoms with E-state index in [1.54, 1.807) is 11.8 Å². The van der Waals surface area contributed by atoms with Crippen LogP contribution >= 0.6 is 11.8 Å². The lowest BCUT2D eigenvalue weighted by Crippen LogP contribution is -2.41. The van der Waals surface area contributed by atoms with Gasteiger partial charge in [-0.2, -0.15) is 11.8 Å². The molecule has 7 heteroatoms. The number of nitrogens with one attached hydrogen (secondary N) is 1. The number of nitrogens with zero attached hydrogens (tertiary/aromatic N) is 1. The Labute approximate surface area is 142 Å². The Morgan fingerprint density at radius 2 is 2.09 bits per heavy atom. The van der Waals surface area contributed by atoms with Crippen molar-refractivity contribution >= 4 is 27.5 Å². The lowest BCUT2D eigenvalue weighted by molar-refractivity contribution is -0.122. The van der Waals surface area contributed by atoms with Gasteiger partial charge in [-0.15, -0.1) is 0 Å². The normalized spacial score (nSPS) is 19.8. The van der Waals surface area contributed by atoms with E-state index >= 15 is 0 Å². The zero-order valence-corrected chi connectivity index (χ0v) is 15.0. The largest absolute Gasteiger partial charge is 0.354 e. The summed E-state index contributed by atoms with van der Waals surface area (Å²) in [5.41, 5.74) is 1.28. The van der Waals surface area contributed by atoms with Crippen LogP contribution in [0.2, 0.25) is 0 Å². The summed E-state index contributed by atoms with van der Waals surface area (Å²) in [5.74, 6) is 2.17. The first-order valence-electron chi connectivity index (χ1n) is 7.75. The minimum Gasteiger partial charge on any atom is -0.354 e. The molecule has 0 aliphatic carbocycles. The highest BCUT2D eigenvalue weighted by atomic mass is 32.2. The monoisotopic (exact) mass is 356 g/mol. The van der Waals surface area contributed by atoms with Crippen LogP contribution in [-0.4, -0.2) is 62.7 Å². The molecule has 128 valence electrons. The fourth-order valence-corrected chi connectivity index (χ4v) is 5.19. The molecule has 0 aromatic heterocycles. The number of hydrogen-bond donors (Lipinski definition) is 1. The highest BCUT2D eigenvalue weighted by Gasteiger charge is 2.31. The highest BCUT2D eigenvalue weighted by Crippen LogP contribution is 2.16. The molecule has 1 aliphatic rings. The third-order valence-corrected chi connectivity index (χ3v) is 6.69. The van der Waals surface area contributed by atoms with Gasteiger partial charge in [-0.1, -0.05) is 30.3 Å². The van der Waals surface area contributed by atoms with Gasteiger partial charge in [0, 0.05) is 24.1 Å². The van der Waals surface area contributed by atoms with Gasteiger partial charge < -0.3 is 5.32 Å². The van der Waals surface area contributed by atoms with E-state index in [1.807, 2.05) is 30.1 Å². The maximum Gasteiger partial charge on any atom is 0.234 e. The van der Waals surface area contributed by atoms with Gasteiger partial charge >= 0.3 is 0 Å². The predicted octanol–water partition coefficient (Wildman–Crippen LogP) is 1.15. The summed E-state index contributed by atoms with van der Waals surface area (Å²) in [6.07, 6.45) is 0.624. The first-order valence-corrected chi connectivity index (χ1v) is 10.7. The van der Waals surface area contributed by atoms with Gasteiger partial charge in [0.15, 0.2) is 9.84 Å². The average molecular weight is 357 g/mol. The molecular formula is C16H24N2O3S2. The molecule has 1 aromatic carbocycles. The quantitative estimate of drug-likeness (QED) is 0.708. The van der Waals surface area contributed by atoms with Crippen LogP contribution in [0.25, 0.3) is 0 Å². The standard InChI is InChI=1S/C16H24N2O3S2/c1-18(15-7-10-23(20,21)13-15)11-16(19)17-8-9-22-12-14-5-3-2-4-6-14/h2-6,15H,7-13H2,1H3,(H,17,19)/t15-/m0/s1. The molecule has 2 rings (SSSR count). The van der Waals surface area contributed by atoms with Crippen molar-refractivity contribution in [1.29, 1.82) is 0 Å². The number of rotatable bonds is 8. The first kappa shape index (κ1) is 18.3. The summed E-state index contributed by atoms with van der Waals surface area (Å²) in [7, 11) is -1.09. The van der Waals surface area contributed by atoms with Gasteiger partial charge in [-0.3, -0.25) is 9.69 Å². The van der Waals surface area contributed by atoms with Crippen molar-refractivity contribution in [3.8, 4) is 0 Å². The molecule has 1 fully saturated rings. The van der Waals surface area contributed by atoms with Crippen LogP contribution in [0.3, 0.4) is 0 Å². The summed E-state index contributed by atoms with van der Waals surface area (Å²) in [6.45, 7) is 0.886. The number of sulfone groups is 1. The molecule has 0 spiro atoms. The predicted molar refractivity (Wildman–Crippen MR) is 95.3 cm³/mol. The van der Waals surface area contributed by atoms with Crippen LogP contribution in [-0.2, 0) is 20.4 Å². The van der Waals surface area contributed by atoms with Gasteiger partial charge in [-0.05, 0) is 19.0 Å². The maximum absolute atomic E-state index is 11.9. The first-order chi connectivity index (χ1) is 11.0. The zero-order chi connectivity index (χ0) is 16.7. The molecule has 0 unspecified atom stereocenters. The van der Waals surface area contributed by atoms with Crippen LogP contribution in [0.5, 0.6) is 0 Å². The Kier molecular flexibility index (Phi) is 6.92. The van der Waals surface area contributed by atoms with E-state index in [0.717, 1.165) is 11.5 Å². The van der Waals surface area contributed by atoms with Crippen LogP contribution in [0.1, 0.15) is 12.0 Å². The summed E-state index contributed by atoms with van der Waals surface area (Å²) >= 11 is 1.78. The van der Waals surface area contributed by atoms with Crippen molar-refractivity contribution in [2.24, 2.45) is 0 Å². The molecule has 0 radical (unpaired) electrons. The number of benzene rings is 1. The Bertz CT molecular complexity index is 605. The van der Waals surface area contributed by atoms with Crippen molar-refractivity contribution in [3.05, 3.63) is 35.9 Å². The molecule has 1 heterocycles. The fourth-order valence-electron chi connectivity index (χ4n) is 2.56. The number of carbonyl (C=O) groups excluding carboxylic acids is 1. The third kappa shape index (κ3) is 6.53. The number of hydrogen-bond acceptors (Lipinski definition) is 5. The molecule has 1 amide bonds. The summed E-state index contributed by atoms with van der Waals surface area (Å²) in [6, 6.07) is 10.2. The van der Waals surface area contributed by atoms with Crippen molar-refractivity contribution in [1.82, 2.24) is 10.2 Å². The van der Waals surface area contributed by atoms with E-state index in [4.69, 9.17) is 0 Å². The molecule has 1 N–H and O–H groups in total. The number of carbonyl (C=O) groups is 1. The molecule has 23 heavy (non-hydrogen) atoms. The molecule has 1 saturated heterocycles. The second kappa shape index (κ2) is 8.70. The van der Waals surface area contributed by atoms with Gasteiger partial charge in [0.05, 0.1) is 18.1 Å². The topological polar surface area (TPSA) is 66.5 Å². The third-order valence-electron chi connectivity index (χ3n) is 3.90. The lowest BCUT2D eigenvalue weighted by atomic mass is 10.2. The minimum atomic E-state index is -2.90. The number of amides is 1. The molecule has 0 saturated carbocycles. The zero-order valence-electron chi connectivity index (χ0n) is 13.4. The fraction of sp³-hybridized carbons (Fsp3) is 0.562. The molecule has 1 aliphatic heterocycles. The molecule has 1 atom stereocenters. The Morgan fingerprint density at radius 3 is 2.74 bits per heavy atom. The van der Waals surface area contributed by atoms with Crippen LogP contribution in [0, 0.1) is 0 Å². The molecule has 1 aromatic rings. The Balaban J connectivity index is 1.58. The van der Waals surface area contributed by atoms with Gasteiger partial charge in [-0.25, -0.2) is 8.42 Å². The van der Waals surface area contributed by atoms with E-state index in [1.165, 1.54) is 5.56 Å². The maximum atomic E-state index is 11.9. The SMILES string of the molecule is CN(CC(=O)NCCSCc1ccccc1)[C@H]1CCS(=O)(=O)C1. The number of likely N-dealkylation sites (N-methyl/N-ethyl adjacent to an activating group) is 1. The summed E-state index contributed by atoms with van der Waals surface area (Å²) < 4.78 is 22.9. The second-order valence-corrected chi connectivity index (χ2v) is 9.19. The van der Waals surface area contributed by atoms with Crippen molar-refractivity contribution in [3.63, 3.8) is 0 Å². The summed E-state index contributed by atoms with van der Waals surface area (Å²) in [4.78, 5) is 13.7. The minimum absolute atomic E-state index is 0.0294. The Hall–Kier alpha value is -1.05. The van der Waals surface area contributed by atoms with Gasteiger partial charge in [0.25, 0.3) is 0 Å². The van der Waals surface area contributed by atoms with Crippen molar-refractivity contribution in [2.45, 2.75) is 18.2 Å². The second-order valence-electron chi connectivity index (χ2n) is 5.86. The van der Waals surface area contributed by atoms with Crippen molar-refractivity contribution in [2.75, 3.05) is 37.4 Å². The number of thioether (sulfide) groups is 1. The van der Waals surface area contributed by atoms with E-state index in [-0.39, 0.29) is 30.0 Å². The van der Waals surface area contributed by atoms with E-state index < -0.39 is 9.84 Å². The van der Waals surface area contributed by atoms with Crippen molar-refractivity contribution < 1.29 is 13.2 Å². The molecular weight excluding hydrogens is 332 g/mol. The van der Waals surface area contributed by atoms with Crippen LogP contribution in [0.4, 0.5) is 0 Å². The van der Waals surface area contributed by atoms with Crippen LogP contribution < -0.4 is 5.32 Å². The Morgan fingerprint density at radius 1 is 1.35 bits per heavy atom. The highest BCUT2D eigenvalue weighted by molar-refractivity contribution is 7.98. The average Bonchev–Trinajstić information content (AvgIpc) is 2.88. The smallest absolute Gasteiger partial charge is 0.234 e. The van der Waals surface area contributed by atoms with E-state index in [0.29, 0.717) is 13.0 Å².